The van der Waals surface area contributed by atoms with Crippen LogP contribution in [0.15, 0.2) is 46.9 Å². The van der Waals surface area contributed by atoms with Gasteiger partial charge in [0.05, 0.1) is 18.1 Å². The summed E-state index contributed by atoms with van der Waals surface area (Å²) in [6.07, 6.45) is 3.76. The van der Waals surface area contributed by atoms with E-state index in [2.05, 4.69) is 32.9 Å². The molecule has 0 spiro atoms. The lowest BCUT2D eigenvalue weighted by Crippen LogP contribution is -2.39. The van der Waals surface area contributed by atoms with Gasteiger partial charge < -0.3 is 9.32 Å². The molecule has 5 nitrogen and oxygen atoms in total. The first-order valence-corrected chi connectivity index (χ1v) is 11.7. The molecule has 1 aliphatic rings. The highest BCUT2D eigenvalue weighted by atomic mass is 32.2. The Kier molecular flexibility index (Phi) is 6.03. The largest absolute Gasteiger partial charge is 0.464 e. The SMILES string of the molecule is Cc1ccc(CN(C(=O)/C=C/c2ccc(C(C)(C)C)cc2)C2CCS(=O)(=O)C2)o1. The fraction of sp³-hybridized carbons (Fsp3) is 0.435. The second-order valence-corrected chi connectivity index (χ2v) is 11.0. The van der Waals surface area contributed by atoms with Gasteiger partial charge >= 0.3 is 0 Å². The lowest BCUT2D eigenvalue weighted by molar-refractivity contribution is -0.128. The number of rotatable bonds is 5. The van der Waals surface area contributed by atoms with E-state index in [4.69, 9.17) is 4.42 Å². The molecule has 2 aromatic rings. The van der Waals surface area contributed by atoms with Gasteiger partial charge in [-0.25, -0.2) is 8.42 Å². The molecule has 1 amide bonds. The molecule has 6 heteroatoms. The number of carbonyl (C=O) groups excluding carboxylic acids is 1. The summed E-state index contributed by atoms with van der Waals surface area (Å²) >= 11 is 0. The van der Waals surface area contributed by atoms with Crippen LogP contribution in [0.4, 0.5) is 0 Å². The smallest absolute Gasteiger partial charge is 0.247 e. The molecule has 1 aromatic carbocycles. The molecule has 1 atom stereocenters. The van der Waals surface area contributed by atoms with E-state index in [1.54, 1.807) is 11.0 Å². The number of hydrogen-bond acceptors (Lipinski definition) is 4. The van der Waals surface area contributed by atoms with Crippen molar-refractivity contribution in [2.24, 2.45) is 0 Å². The molecule has 2 heterocycles. The lowest BCUT2D eigenvalue weighted by Gasteiger charge is -2.26. The molecule has 0 radical (unpaired) electrons. The van der Waals surface area contributed by atoms with Crippen molar-refractivity contribution in [3.8, 4) is 0 Å². The zero-order chi connectivity index (χ0) is 21.2. The molecule has 0 saturated carbocycles. The number of nitrogens with zero attached hydrogens (tertiary/aromatic N) is 1. The normalized spacial score (nSPS) is 19.0. The molecule has 0 N–H and O–H groups in total. The van der Waals surface area contributed by atoms with Crippen molar-refractivity contribution < 1.29 is 17.6 Å². The molecular weight excluding hydrogens is 386 g/mol. The van der Waals surface area contributed by atoms with Crippen LogP contribution in [-0.4, -0.2) is 36.8 Å². The van der Waals surface area contributed by atoms with Crippen LogP contribution in [0.25, 0.3) is 6.08 Å². The average Bonchev–Trinajstić information content (AvgIpc) is 3.22. The number of aryl methyl sites for hydroxylation is 1. The van der Waals surface area contributed by atoms with Gasteiger partial charge in [-0.05, 0) is 48.1 Å². The molecule has 1 fully saturated rings. The second-order valence-electron chi connectivity index (χ2n) is 8.74. The van der Waals surface area contributed by atoms with Crippen molar-refractivity contribution in [3.63, 3.8) is 0 Å². The Morgan fingerprint density at radius 3 is 2.38 bits per heavy atom. The standard InChI is InChI=1S/C23H29NO4S/c1-17-5-11-21(28-17)15-24(20-13-14-29(26,27)16-20)22(25)12-8-18-6-9-19(10-7-18)23(2,3)4/h5-12,20H,13-16H2,1-4H3/b12-8+. The van der Waals surface area contributed by atoms with Crippen molar-refractivity contribution in [2.75, 3.05) is 11.5 Å². The molecule has 1 aromatic heterocycles. The number of sulfone groups is 1. The fourth-order valence-corrected chi connectivity index (χ4v) is 5.23. The van der Waals surface area contributed by atoms with E-state index < -0.39 is 9.84 Å². The van der Waals surface area contributed by atoms with Gasteiger partial charge in [0, 0.05) is 12.1 Å². The van der Waals surface area contributed by atoms with Crippen LogP contribution >= 0.6 is 0 Å². The number of carbonyl (C=O) groups is 1. The van der Waals surface area contributed by atoms with Gasteiger partial charge in [0.1, 0.15) is 11.5 Å². The minimum absolute atomic E-state index is 0.00650. The van der Waals surface area contributed by atoms with E-state index >= 15 is 0 Å². The zero-order valence-corrected chi connectivity index (χ0v) is 18.3. The van der Waals surface area contributed by atoms with E-state index in [1.165, 1.54) is 11.6 Å². The highest BCUT2D eigenvalue weighted by Crippen LogP contribution is 2.24. The van der Waals surface area contributed by atoms with Gasteiger partial charge in [0.2, 0.25) is 5.91 Å². The Bertz CT molecular complexity index is 994. The van der Waals surface area contributed by atoms with E-state index in [1.807, 2.05) is 31.2 Å². The molecular formula is C23H29NO4S. The van der Waals surface area contributed by atoms with Crippen LogP contribution in [0.3, 0.4) is 0 Å². The molecule has 156 valence electrons. The molecule has 29 heavy (non-hydrogen) atoms. The summed E-state index contributed by atoms with van der Waals surface area (Å²) in [5.74, 6) is 1.34. The van der Waals surface area contributed by atoms with Crippen molar-refractivity contribution in [2.45, 2.75) is 52.1 Å². The van der Waals surface area contributed by atoms with Crippen LogP contribution in [0.5, 0.6) is 0 Å². The van der Waals surface area contributed by atoms with Gasteiger partial charge in [-0.1, -0.05) is 45.0 Å². The number of benzene rings is 1. The lowest BCUT2D eigenvalue weighted by atomic mass is 9.87. The Morgan fingerprint density at radius 2 is 1.86 bits per heavy atom. The number of furan rings is 1. The van der Waals surface area contributed by atoms with E-state index in [9.17, 15) is 13.2 Å². The maximum absolute atomic E-state index is 13.0. The molecule has 1 aliphatic heterocycles. The summed E-state index contributed by atoms with van der Waals surface area (Å²) in [6.45, 7) is 8.58. The van der Waals surface area contributed by atoms with Crippen molar-refractivity contribution in [3.05, 3.63) is 65.1 Å². The number of hydrogen-bond donors (Lipinski definition) is 0. The van der Waals surface area contributed by atoms with Gasteiger partial charge in [-0.2, -0.15) is 0 Å². The predicted octanol–water partition coefficient (Wildman–Crippen LogP) is 4.11. The van der Waals surface area contributed by atoms with Crippen LogP contribution in [-0.2, 0) is 26.6 Å². The first kappa shape index (κ1) is 21.4. The monoisotopic (exact) mass is 415 g/mol. The summed E-state index contributed by atoms with van der Waals surface area (Å²) in [4.78, 5) is 14.6. The van der Waals surface area contributed by atoms with Gasteiger partial charge in [-0.15, -0.1) is 0 Å². The van der Waals surface area contributed by atoms with E-state index in [0.717, 1.165) is 11.3 Å². The minimum atomic E-state index is -3.10. The first-order chi connectivity index (χ1) is 13.5. The topological polar surface area (TPSA) is 67.6 Å². The summed E-state index contributed by atoms with van der Waals surface area (Å²) in [7, 11) is -3.10. The summed E-state index contributed by atoms with van der Waals surface area (Å²) in [5, 5.41) is 0. The van der Waals surface area contributed by atoms with Crippen molar-refractivity contribution >= 4 is 21.8 Å². The molecule has 0 bridgehead atoms. The first-order valence-electron chi connectivity index (χ1n) is 9.88. The van der Waals surface area contributed by atoms with Crippen LogP contribution in [0.1, 0.15) is 49.8 Å². The summed E-state index contributed by atoms with van der Waals surface area (Å²) in [6, 6.07) is 11.5. The maximum atomic E-state index is 13.0. The minimum Gasteiger partial charge on any atom is -0.464 e. The predicted molar refractivity (Wildman–Crippen MR) is 115 cm³/mol. The highest BCUT2D eigenvalue weighted by molar-refractivity contribution is 7.91. The highest BCUT2D eigenvalue weighted by Gasteiger charge is 2.34. The van der Waals surface area contributed by atoms with E-state index in [-0.39, 0.29) is 35.4 Å². The molecule has 1 unspecified atom stereocenters. The van der Waals surface area contributed by atoms with E-state index in [0.29, 0.717) is 12.2 Å². The average molecular weight is 416 g/mol. The number of amides is 1. The second kappa shape index (κ2) is 8.19. The molecule has 1 saturated heterocycles. The maximum Gasteiger partial charge on any atom is 0.247 e. The van der Waals surface area contributed by atoms with Gasteiger partial charge in [0.15, 0.2) is 9.84 Å². The van der Waals surface area contributed by atoms with Crippen LogP contribution in [0.2, 0.25) is 0 Å². The summed E-state index contributed by atoms with van der Waals surface area (Å²) in [5.41, 5.74) is 2.23. The van der Waals surface area contributed by atoms with Crippen molar-refractivity contribution in [1.29, 1.82) is 0 Å². The van der Waals surface area contributed by atoms with Crippen LogP contribution in [0, 0.1) is 6.92 Å². The van der Waals surface area contributed by atoms with Gasteiger partial charge in [0.25, 0.3) is 0 Å². The molecule has 0 aliphatic carbocycles. The molecule has 3 rings (SSSR count). The zero-order valence-electron chi connectivity index (χ0n) is 17.5. The Labute approximate surface area is 173 Å². The third-order valence-corrected chi connectivity index (χ3v) is 7.00. The van der Waals surface area contributed by atoms with Crippen LogP contribution < -0.4 is 0 Å². The third kappa shape index (κ3) is 5.60. The van der Waals surface area contributed by atoms with Gasteiger partial charge in [-0.3, -0.25) is 4.79 Å². The summed E-state index contributed by atoms with van der Waals surface area (Å²) < 4.78 is 29.5. The Balaban J connectivity index is 1.77. The quantitative estimate of drug-likeness (QED) is 0.689. The third-order valence-electron chi connectivity index (χ3n) is 5.25. The van der Waals surface area contributed by atoms with Crippen molar-refractivity contribution in [1.82, 2.24) is 4.90 Å². The Hall–Kier alpha value is -2.34. The fourth-order valence-electron chi connectivity index (χ4n) is 3.50. The Morgan fingerprint density at radius 1 is 1.17 bits per heavy atom.